The van der Waals surface area contributed by atoms with E-state index >= 15 is 4.39 Å². The molecule has 10 heteroatoms. The van der Waals surface area contributed by atoms with E-state index in [1.165, 1.54) is 30.2 Å². The molecule has 0 bridgehead atoms. The SMILES string of the molecule is Cc1cc(C(NCc2c[nH]c3cc(N4CCC(O)CC4)c(F)cc3c2=O)[C@H]2CCCN(c3cnc(C)c(C4CC4)c3)C2)ccn1.Cl. The maximum absolute atomic E-state index is 15.3. The molecule has 0 radical (unpaired) electrons. The molecule has 5 heterocycles. The van der Waals surface area contributed by atoms with Gasteiger partial charge in [0.2, 0.25) is 0 Å². The van der Waals surface area contributed by atoms with E-state index in [4.69, 9.17) is 4.98 Å². The van der Waals surface area contributed by atoms with Gasteiger partial charge in [-0.2, -0.15) is 0 Å². The molecule has 1 aliphatic carbocycles. The number of anilines is 2. The summed E-state index contributed by atoms with van der Waals surface area (Å²) < 4.78 is 15.3. The van der Waals surface area contributed by atoms with Crippen molar-refractivity contribution in [2.45, 2.75) is 77.0 Å². The van der Waals surface area contributed by atoms with Gasteiger partial charge in [0.25, 0.3) is 0 Å². The van der Waals surface area contributed by atoms with Gasteiger partial charge in [0.15, 0.2) is 5.43 Å². The number of rotatable bonds is 8. The van der Waals surface area contributed by atoms with Crippen molar-refractivity contribution >= 4 is 34.7 Å². The Labute approximate surface area is 275 Å². The summed E-state index contributed by atoms with van der Waals surface area (Å²) in [6.45, 7) is 7.56. The Balaban J connectivity index is 0.00000372. The quantitative estimate of drug-likeness (QED) is 0.213. The van der Waals surface area contributed by atoms with Crippen molar-refractivity contribution < 1.29 is 9.50 Å². The maximum atomic E-state index is 15.3. The average molecular weight is 647 g/mol. The standard InChI is InChI=1S/C36H43FN6O2.ClH/c1-22-14-25(7-10-38-22)35(26-4-3-11-43(21-26)28-15-30(24-5-6-24)23(2)39-20-28)41-19-27-18-40-33-17-34(32(37)16-31(33)36(27)45)42-12-8-29(44)9-13-42;/h7,10,14-18,20,24,26,29,35,41,44H,3-6,8-9,11-13,19,21H2,1-2H3,(H,40,45);1H/t26-,35?;/m0./s1. The first kappa shape index (κ1) is 32.4. The predicted octanol–water partition coefficient (Wildman–Crippen LogP) is 6.08. The fraction of sp³-hybridized carbons (Fsp3) is 0.472. The van der Waals surface area contributed by atoms with Crippen molar-refractivity contribution in [3.05, 3.63) is 93.0 Å². The monoisotopic (exact) mass is 646 g/mol. The summed E-state index contributed by atoms with van der Waals surface area (Å²) in [5.74, 6) is 0.567. The van der Waals surface area contributed by atoms with Crippen LogP contribution >= 0.6 is 12.4 Å². The van der Waals surface area contributed by atoms with Gasteiger partial charge in [0.05, 0.1) is 29.2 Å². The number of benzene rings is 1. The largest absolute Gasteiger partial charge is 0.393 e. The minimum atomic E-state index is -0.405. The number of piperidine rings is 2. The van der Waals surface area contributed by atoms with Crippen LogP contribution in [0.15, 0.2) is 53.7 Å². The number of aromatic amines is 1. The number of hydrogen-bond donors (Lipinski definition) is 3. The summed E-state index contributed by atoms with van der Waals surface area (Å²) in [5, 5.41) is 14.0. The van der Waals surface area contributed by atoms with Crippen molar-refractivity contribution in [2.75, 3.05) is 36.0 Å². The van der Waals surface area contributed by atoms with Crippen LogP contribution in [0.2, 0.25) is 0 Å². The highest BCUT2D eigenvalue weighted by Gasteiger charge is 2.31. The second-order valence-corrected chi connectivity index (χ2v) is 13.3. The summed E-state index contributed by atoms with van der Waals surface area (Å²) >= 11 is 0. The van der Waals surface area contributed by atoms with Crippen LogP contribution in [0.5, 0.6) is 0 Å². The van der Waals surface area contributed by atoms with Crippen molar-refractivity contribution in [3.8, 4) is 0 Å². The molecular weight excluding hydrogens is 603 g/mol. The van der Waals surface area contributed by atoms with Crippen LogP contribution in [0, 0.1) is 25.6 Å². The number of halogens is 2. The van der Waals surface area contributed by atoms with Gasteiger partial charge in [-0.15, -0.1) is 12.4 Å². The lowest BCUT2D eigenvalue weighted by atomic mass is 9.86. The lowest BCUT2D eigenvalue weighted by molar-refractivity contribution is 0.145. The van der Waals surface area contributed by atoms with Crippen LogP contribution in [-0.4, -0.2) is 52.3 Å². The summed E-state index contributed by atoms with van der Waals surface area (Å²) in [6, 6.07) is 9.68. The number of H-pyrrole nitrogens is 1. The molecule has 244 valence electrons. The molecule has 3 fully saturated rings. The number of nitrogens with one attached hydrogen (secondary N) is 2. The molecule has 8 nitrogen and oxygen atoms in total. The Kier molecular flexibility index (Phi) is 9.64. The molecule has 2 atom stereocenters. The number of pyridine rings is 3. The highest BCUT2D eigenvalue weighted by atomic mass is 35.5. The average Bonchev–Trinajstić information content (AvgIpc) is 3.89. The van der Waals surface area contributed by atoms with Crippen LogP contribution in [0.3, 0.4) is 0 Å². The highest BCUT2D eigenvalue weighted by Crippen LogP contribution is 2.42. The first-order chi connectivity index (χ1) is 21.8. The van der Waals surface area contributed by atoms with Gasteiger partial charge in [0.1, 0.15) is 5.82 Å². The second kappa shape index (κ2) is 13.7. The normalized spacial score (nSPS) is 19.7. The Morgan fingerprint density at radius 3 is 2.61 bits per heavy atom. The minimum absolute atomic E-state index is 0. The third kappa shape index (κ3) is 6.77. The van der Waals surface area contributed by atoms with Gasteiger partial charge in [0, 0.05) is 73.5 Å². The van der Waals surface area contributed by atoms with Crippen LogP contribution in [0.1, 0.15) is 78.6 Å². The van der Waals surface area contributed by atoms with Crippen molar-refractivity contribution in [1.82, 2.24) is 20.3 Å². The molecule has 2 saturated heterocycles. The van der Waals surface area contributed by atoms with Crippen molar-refractivity contribution in [1.29, 1.82) is 0 Å². The first-order valence-electron chi connectivity index (χ1n) is 16.5. The molecule has 1 saturated carbocycles. The highest BCUT2D eigenvalue weighted by molar-refractivity contribution is 5.85. The molecule has 2 aliphatic heterocycles. The van der Waals surface area contributed by atoms with Crippen molar-refractivity contribution in [2.24, 2.45) is 5.92 Å². The molecule has 7 rings (SSSR count). The van der Waals surface area contributed by atoms with E-state index in [1.807, 2.05) is 24.2 Å². The van der Waals surface area contributed by atoms with Gasteiger partial charge < -0.3 is 25.2 Å². The first-order valence-corrected chi connectivity index (χ1v) is 16.5. The summed E-state index contributed by atoms with van der Waals surface area (Å²) in [7, 11) is 0. The lowest BCUT2D eigenvalue weighted by Crippen LogP contribution is -2.42. The van der Waals surface area contributed by atoms with Gasteiger partial charge in [-0.25, -0.2) is 4.39 Å². The van der Waals surface area contributed by atoms with Crippen LogP contribution < -0.4 is 20.5 Å². The van der Waals surface area contributed by atoms with E-state index in [0.29, 0.717) is 66.5 Å². The maximum Gasteiger partial charge on any atom is 0.193 e. The molecule has 3 aliphatic rings. The van der Waals surface area contributed by atoms with E-state index in [-0.39, 0.29) is 30.0 Å². The molecule has 1 unspecified atom stereocenters. The molecule has 3 N–H and O–H groups in total. The molecule has 0 amide bonds. The van der Waals surface area contributed by atoms with Crippen LogP contribution in [0.25, 0.3) is 10.9 Å². The zero-order valence-electron chi connectivity index (χ0n) is 26.6. The number of aryl methyl sites for hydroxylation is 2. The number of fused-ring (bicyclic) bond motifs is 1. The lowest BCUT2D eigenvalue weighted by Gasteiger charge is -2.39. The molecule has 1 aromatic carbocycles. The van der Waals surface area contributed by atoms with E-state index in [0.717, 1.165) is 42.9 Å². The molecule has 46 heavy (non-hydrogen) atoms. The Hall–Kier alpha value is -3.53. The van der Waals surface area contributed by atoms with Gasteiger partial charge in [-0.05, 0) is 106 Å². The topological polar surface area (TPSA) is 97.4 Å². The van der Waals surface area contributed by atoms with Crippen molar-refractivity contribution in [3.63, 3.8) is 0 Å². The van der Waals surface area contributed by atoms with Gasteiger partial charge in [-0.3, -0.25) is 14.8 Å². The van der Waals surface area contributed by atoms with Crippen LogP contribution in [-0.2, 0) is 6.54 Å². The van der Waals surface area contributed by atoms with E-state index in [9.17, 15) is 9.90 Å². The fourth-order valence-corrected chi connectivity index (χ4v) is 7.33. The number of aliphatic hydroxyl groups excluding tert-OH is 1. The van der Waals surface area contributed by atoms with Gasteiger partial charge in [-0.1, -0.05) is 0 Å². The second-order valence-electron chi connectivity index (χ2n) is 13.3. The smallest absolute Gasteiger partial charge is 0.193 e. The summed E-state index contributed by atoms with van der Waals surface area (Å²) in [5.41, 5.74) is 7.36. The molecule has 3 aromatic heterocycles. The number of aliphatic hydroxyl groups is 1. The summed E-state index contributed by atoms with van der Waals surface area (Å²) in [4.78, 5) is 30.5. The van der Waals surface area contributed by atoms with E-state index < -0.39 is 5.82 Å². The zero-order chi connectivity index (χ0) is 31.1. The fourth-order valence-electron chi connectivity index (χ4n) is 7.33. The van der Waals surface area contributed by atoms with Gasteiger partial charge >= 0.3 is 0 Å². The molecule has 4 aromatic rings. The predicted molar refractivity (Wildman–Crippen MR) is 184 cm³/mol. The number of nitrogens with zero attached hydrogens (tertiary/aromatic N) is 4. The Morgan fingerprint density at radius 1 is 1.04 bits per heavy atom. The third-order valence-electron chi connectivity index (χ3n) is 10.0. The minimum Gasteiger partial charge on any atom is -0.393 e. The van der Waals surface area contributed by atoms with E-state index in [1.54, 1.807) is 12.3 Å². The van der Waals surface area contributed by atoms with E-state index in [2.05, 4.69) is 45.3 Å². The summed E-state index contributed by atoms with van der Waals surface area (Å²) in [6.07, 6.45) is 11.2. The number of hydrogen-bond acceptors (Lipinski definition) is 7. The number of aromatic nitrogens is 3. The van der Waals surface area contributed by atoms with Crippen LogP contribution in [0.4, 0.5) is 15.8 Å². The Bertz CT molecular complexity index is 1750. The molecular formula is C36H44ClFN6O2. The molecule has 0 spiro atoms. The zero-order valence-corrected chi connectivity index (χ0v) is 27.5. The Morgan fingerprint density at radius 2 is 1.85 bits per heavy atom. The third-order valence-corrected chi connectivity index (χ3v) is 10.0.